The van der Waals surface area contributed by atoms with Crippen molar-refractivity contribution < 1.29 is 4.74 Å². The number of benzene rings is 1. The van der Waals surface area contributed by atoms with Crippen molar-refractivity contribution in [1.82, 2.24) is 9.97 Å². The maximum atomic E-state index is 5.92. The van der Waals surface area contributed by atoms with Crippen LogP contribution in [-0.4, -0.2) is 31.2 Å². The summed E-state index contributed by atoms with van der Waals surface area (Å²) in [6, 6.07) is 9.88. The minimum atomic E-state index is 0.467. The van der Waals surface area contributed by atoms with Crippen molar-refractivity contribution in [2.24, 2.45) is 0 Å². The number of rotatable bonds is 4. The molecule has 6 heteroatoms. The van der Waals surface area contributed by atoms with Gasteiger partial charge in [-0.1, -0.05) is 0 Å². The van der Waals surface area contributed by atoms with E-state index >= 15 is 0 Å². The topological polar surface area (TPSA) is 88.0 Å². The van der Waals surface area contributed by atoms with Crippen LogP contribution in [0.5, 0.6) is 5.75 Å². The van der Waals surface area contributed by atoms with Crippen LogP contribution in [0.1, 0.15) is 0 Å². The number of aromatic amines is 1. The fourth-order valence-electron chi connectivity index (χ4n) is 2.59. The van der Waals surface area contributed by atoms with E-state index < -0.39 is 0 Å². The summed E-state index contributed by atoms with van der Waals surface area (Å²) in [4.78, 5) is 7.71. The number of methoxy groups -OCH3 is 1. The van der Waals surface area contributed by atoms with Gasteiger partial charge in [0.25, 0.3) is 0 Å². The molecular formula is C16H19N5O. The van der Waals surface area contributed by atoms with Gasteiger partial charge in [0.05, 0.1) is 12.8 Å². The number of nitrogens with zero attached hydrogens (tertiary/aromatic N) is 1. The summed E-state index contributed by atoms with van der Waals surface area (Å²) in [5.41, 5.74) is 9.77. The van der Waals surface area contributed by atoms with E-state index in [4.69, 9.17) is 10.5 Å². The molecule has 5 N–H and O–H groups in total. The third-order valence-corrected chi connectivity index (χ3v) is 3.65. The number of anilines is 3. The van der Waals surface area contributed by atoms with Gasteiger partial charge in [0, 0.05) is 42.3 Å². The van der Waals surface area contributed by atoms with Crippen LogP contribution < -0.4 is 21.1 Å². The maximum absolute atomic E-state index is 5.92. The molecule has 0 unspecified atom stereocenters. The lowest BCUT2D eigenvalue weighted by Gasteiger charge is -2.13. The van der Waals surface area contributed by atoms with E-state index in [0.717, 1.165) is 33.6 Å². The van der Waals surface area contributed by atoms with Gasteiger partial charge in [-0.05, 0) is 24.3 Å². The molecule has 6 nitrogen and oxygen atoms in total. The molecule has 0 aliphatic rings. The number of nitrogens with one attached hydrogen (secondary N) is 3. The smallest absolute Gasteiger partial charge is 0.152 e. The van der Waals surface area contributed by atoms with Gasteiger partial charge >= 0.3 is 0 Å². The number of nitrogen functional groups attached to an aromatic ring is 1. The van der Waals surface area contributed by atoms with Gasteiger partial charge in [-0.25, -0.2) is 4.98 Å². The molecule has 0 aliphatic carbocycles. The van der Waals surface area contributed by atoms with Crippen molar-refractivity contribution in [2.75, 3.05) is 37.6 Å². The number of hydrogen-bond acceptors (Lipinski definition) is 5. The van der Waals surface area contributed by atoms with Crippen LogP contribution in [0.3, 0.4) is 0 Å². The van der Waals surface area contributed by atoms with Gasteiger partial charge in [0.15, 0.2) is 5.82 Å². The van der Waals surface area contributed by atoms with E-state index in [0.29, 0.717) is 11.6 Å². The molecule has 0 aliphatic heterocycles. The Hall–Kier alpha value is -2.89. The monoisotopic (exact) mass is 297 g/mol. The Kier molecular flexibility index (Phi) is 3.50. The lowest BCUT2D eigenvalue weighted by molar-refractivity contribution is 0.415. The quantitative estimate of drug-likeness (QED) is 0.595. The molecule has 0 amide bonds. The van der Waals surface area contributed by atoms with Crippen LogP contribution in [0.4, 0.5) is 17.3 Å². The molecule has 2 aromatic heterocycles. The van der Waals surface area contributed by atoms with E-state index in [9.17, 15) is 0 Å². The van der Waals surface area contributed by atoms with Gasteiger partial charge in [0.1, 0.15) is 11.6 Å². The second kappa shape index (κ2) is 5.48. The van der Waals surface area contributed by atoms with Crippen LogP contribution in [0.2, 0.25) is 0 Å². The van der Waals surface area contributed by atoms with E-state index in [1.807, 2.05) is 38.4 Å². The van der Waals surface area contributed by atoms with Crippen LogP contribution >= 0.6 is 0 Å². The van der Waals surface area contributed by atoms with Crippen molar-refractivity contribution in [1.29, 1.82) is 0 Å². The van der Waals surface area contributed by atoms with E-state index in [2.05, 4.69) is 26.7 Å². The van der Waals surface area contributed by atoms with Gasteiger partial charge in [-0.2, -0.15) is 0 Å². The van der Waals surface area contributed by atoms with Gasteiger partial charge in [-0.15, -0.1) is 0 Å². The fourth-order valence-corrected chi connectivity index (χ4v) is 2.59. The molecule has 0 radical (unpaired) electrons. The lowest BCUT2D eigenvalue weighted by atomic mass is 10.1. The minimum Gasteiger partial charge on any atom is -0.497 e. The highest BCUT2D eigenvalue weighted by atomic mass is 16.5. The first-order valence-electron chi connectivity index (χ1n) is 6.99. The normalized spacial score (nSPS) is 10.7. The van der Waals surface area contributed by atoms with Crippen LogP contribution in [0, 0.1) is 0 Å². The fraction of sp³-hybridized carbons (Fsp3) is 0.188. The second-order valence-corrected chi connectivity index (χ2v) is 4.95. The van der Waals surface area contributed by atoms with Crippen molar-refractivity contribution >= 4 is 28.2 Å². The average molecular weight is 297 g/mol. The highest BCUT2D eigenvalue weighted by Gasteiger charge is 2.13. The first-order valence-corrected chi connectivity index (χ1v) is 6.99. The third kappa shape index (κ3) is 2.28. The van der Waals surface area contributed by atoms with Crippen molar-refractivity contribution in [2.45, 2.75) is 0 Å². The standard InChI is InChI=1S/C16H19N5O/c1-18-15-11(8-14(17)21-16(15)19-2)13-6-9-4-5-10(22-3)7-12(9)20-13/h4-8,18,20H,1-3H3,(H3,17,19,21). The van der Waals surface area contributed by atoms with Crippen molar-refractivity contribution in [3.05, 3.63) is 30.3 Å². The summed E-state index contributed by atoms with van der Waals surface area (Å²) in [6.07, 6.45) is 0. The zero-order valence-corrected chi connectivity index (χ0v) is 12.8. The predicted octanol–water partition coefficient (Wildman–Crippen LogP) is 2.90. The first-order chi connectivity index (χ1) is 10.7. The molecular weight excluding hydrogens is 278 g/mol. The molecule has 3 aromatic rings. The predicted molar refractivity (Wildman–Crippen MR) is 91.6 cm³/mol. The zero-order valence-electron chi connectivity index (χ0n) is 12.8. The van der Waals surface area contributed by atoms with Gasteiger partial charge < -0.3 is 26.1 Å². The Balaban J connectivity index is 2.20. The number of fused-ring (bicyclic) bond motifs is 1. The van der Waals surface area contributed by atoms with Gasteiger partial charge in [0.2, 0.25) is 0 Å². The van der Waals surface area contributed by atoms with Crippen molar-refractivity contribution in [3.8, 4) is 17.0 Å². The second-order valence-electron chi connectivity index (χ2n) is 4.95. The van der Waals surface area contributed by atoms with Crippen LogP contribution in [0.15, 0.2) is 30.3 Å². The average Bonchev–Trinajstić information content (AvgIpc) is 2.96. The highest BCUT2D eigenvalue weighted by Crippen LogP contribution is 2.35. The molecule has 0 atom stereocenters. The molecule has 2 heterocycles. The van der Waals surface area contributed by atoms with Crippen LogP contribution in [0.25, 0.3) is 22.2 Å². The molecule has 0 saturated carbocycles. The van der Waals surface area contributed by atoms with E-state index in [1.165, 1.54) is 0 Å². The Labute approximate surface area is 128 Å². The number of H-pyrrole nitrogens is 1. The number of nitrogens with two attached hydrogens (primary N) is 1. The van der Waals surface area contributed by atoms with Crippen molar-refractivity contribution in [3.63, 3.8) is 0 Å². The molecule has 1 aromatic carbocycles. The largest absolute Gasteiger partial charge is 0.497 e. The maximum Gasteiger partial charge on any atom is 0.152 e. The molecule has 0 fully saturated rings. The summed E-state index contributed by atoms with van der Waals surface area (Å²) >= 11 is 0. The number of aromatic nitrogens is 2. The highest BCUT2D eigenvalue weighted by molar-refractivity contribution is 5.92. The lowest BCUT2D eigenvalue weighted by Crippen LogP contribution is -2.04. The summed E-state index contributed by atoms with van der Waals surface area (Å²) in [5.74, 6) is 2.00. The Morgan fingerprint density at radius 1 is 1.14 bits per heavy atom. The SMILES string of the molecule is CNc1nc(N)cc(-c2cc3ccc(OC)cc3[nH]2)c1NC. The number of ether oxygens (including phenoxy) is 1. The number of hydrogen-bond donors (Lipinski definition) is 4. The molecule has 114 valence electrons. The Morgan fingerprint density at radius 2 is 1.95 bits per heavy atom. The summed E-state index contributed by atoms with van der Waals surface area (Å²) in [5, 5.41) is 7.35. The minimum absolute atomic E-state index is 0.467. The summed E-state index contributed by atoms with van der Waals surface area (Å²) < 4.78 is 5.27. The van der Waals surface area contributed by atoms with E-state index in [1.54, 1.807) is 7.11 Å². The Bertz CT molecular complexity index is 825. The van der Waals surface area contributed by atoms with E-state index in [-0.39, 0.29) is 0 Å². The number of pyridine rings is 1. The molecule has 0 saturated heterocycles. The zero-order chi connectivity index (χ0) is 15.7. The molecule has 3 rings (SSSR count). The first kappa shape index (κ1) is 14.1. The van der Waals surface area contributed by atoms with Crippen LogP contribution in [-0.2, 0) is 0 Å². The molecule has 0 bridgehead atoms. The summed E-state index contributed by atoms with van der Waals surface area (Å²) in [6.45, 7) is 0. The third-order valence-electron chi connectivity index (χ3n) is 3.65. The van der Waals surface area contributed by atoms with Gasteiger partial charge in [-0.3, -0.25) is 0 Å². The Morgan fingerprint density at radius 3 is 2.64 bits per heavy atom. The molecule has 0 spiro atoms. The summed E-state index contributed by atoms with van der Waals surface area (Å²) in [7, 11) is 5.35. The molecule has 22 heavy (non-hydrogen) atoms.